The molecule has 1 aliphatic heterocycles. The lowest BCUT2D eigenvalue weighted by atomic mass is 9.96. The van der Waals surface area contributed by atoms with E-state index in [4.69, 9.17) is 9.98 Å². The fourth-order valence-corrected chi connectivity index (χ4v) is 3.68. The van der Waals surface area contributed by atoms with E-state index in [1.54, 1.807) is 11.3 Å². The quantitative estimate of drug-likeness (QED) is 0.839. The highest BCUT2D eigenvalue weighted by atomic mass is 32.1. The Morgan fingerprint density at radius 3 is 2.86 bits per heavy atom. The summed E-state index contributed by atoms with van der Waals surface area (Å²) in [5.74, 6) is 0.727. The smallest absolute Gasteiger partial charge is 0.108 e. The molecule has 0 bridgehead atoms. The number of nitrogens with zero attached hydrogens (tertiary/aromatic N) is 3. The van der Waals surface area contributed by atoms with Gasteiger partial charge in [0, 0.05) is 18.3 Å². The largest absolute Gasteiger partial charge is 0.297 e. The van der Waals surface area contributed by atoms with Crippen LogP contribution in [0.4, 0.5) is 0 Å². The van der Waals surface area contributed by atoms with E-state index in [1.165, 1.54) is 27.4 Å². The van der Waals surface area contributed by atoms with E-state index in [2.05, 4.69) is 50.9 Å². The van der Waals surface area contributed by atoms with Crippen molar-refractivity contribution in [2.45, 2.75) is 46.2 Å². The molecule has 1 atom stereocenters. The van der Waals surface area contributed by atoms with Gasteiger partial charge in [0.2, 0.25) is 0 Å². The van der Waals surface area contributed by atoms with Gasteiger partial charge in [0.25, 0.3) is 0 Å². The number of benzene rings is 1. The Kier molecular flexibility index (Phi) is 4.59. The van der Waals surface area contributed by atoms with E-state index in [0.717, 1.165) is 30.9 Å². The SMILES string of the molecule is CC1CCC(c2ccc3sc(CN(C)C(C)C)nc3c2)=NC1. The first kappa shape index (κ1) is 15.6. The van der Waals surface area contributed by atoms with Crippen LogP contribution < -0.4 is 0 Å². The molecule has 4 heteroatoms. The van der Waals surface area contributed by atoms with Crippen LogP contribution in [0.3, 0.4) is 0 Å². The van der Waals surface area contributed by atoms with Crippen LogP contribution in [0.25, 0.3) is 10.2 Å². The van der Waals surface area contributed by atoms with E-state index < -0.39 is 0 Å². The summed E-state index contributed by atoms with van der Waals surface area (Å²) in [6.07, 6.45) is 2.35. The highest BCUT2D eigenvalue weighted by molar-refractivity contribution is 7.18. The lowest BCUT2D eigenvalue weighted by Crippen LogP contribution is -2.25. The molecular formula is C18H25N3S. The molecule has 0 spiro atoms. The fourth-order valence-electron chi connectivity index (χ4n) is 2.67. The second kappa shape index (κ2) is 6.47. The van der Waals surface area contributed by atoms with E-state index in [9.17, 15) is 0 Å². The van der Waals surface area contributed by atoms with E-state index in [-0.39, 0.29) is 0 Å². The monoisotopic (exact) mass is 315 g/mol. The molecule has 0 amide bonds. The first-order valence-electron chi connectivity index (χ1n) is 8.16. The van der Waals surface area contributed by atoms with Gasteiger partial charge in [-0.2, -0.15) is 0 Å². The van der Waals surface area contributed by atoms with Crippen LogP contribution in [-0.4, -0.2) is 35.2 Å². The first-order chi connectivity index (χ1) is 10.5. The van der Waals surface area contributed by atoms with Gasteiger partial charge in [0.05, 0.1) is 16.8 Å². The van der Waals surface area contributed by atoms with E-state index in [1.807, 2.05) is 0 Å². The molecule has 3 rings (SSSR count). The molecule has 3 nitrogen and oxygen atoms in total. The van der Waals surface area contributed by atoms with Crippen molar-refractivity contribution >= 4 is 27.3 Å². The highest BCUT2D eigenvalue weighted by Crippen LogP contribution is 2.26. The number of rotatable bonds is 4. The van der Waals surface area contributed by atoms with Gasteiger partial charge in [-0.15, -0.1) is 11.3 Å². The molecule has 22 heavy (non-hydrogen) atoms. The Morgan fingerprint density at radius 1 is 1.36 bits per heavy atom. The van der Waals surface area contributed by atoms with Crippen LogP contribution in [0.5, 0.6) is 0 Å². The van der Waals surface area contributed by atoms with Gasteiger partial charge in [-0.25, -0.2) is 4.98 Å². The number of aromatic nitrogens is 1. The van der Waals surface area contributed by atoms with Crippen molar-refractivity contribution in [1.29, 1.82) is 0 Å². The van der Waals surface area contributed by atoms with Crippen molar-refractivity contribution in [2.75, 3.05) is 13.6 Å². The number of hydrogen-bond donors (Lipinski definition) is 0. The van der Waals surface area contributed by atoms with Crippen molar-refractivity contribution < 1.29 is 0 Å². The summed E-state index contributed by atoms with van der Waals surface area (Å²) < 4.78 is 1.28. The van der Waals surface area contributed by atoms with Gasteiger partial charge in [0.1, 0.15) is 5.01 Å². The van der Waals surface area contributed by atoms with E-state index in [0.29, 0.717) is 6.04 Å². The maximum Gasteiger partial charge on any atom is 0.108 e. The van der Waals surface area contributed by atoms with Crippen molar-refractivity contribution in [3.8, 4) is 0 Å². The van der Waals surface area contributed by atoms with Gasteiger partial charge in [-0.1, -0.05) is 13.0 Å². The van der Waals surface area contributed by atoms with Crippen LogP contribution in [0, 0.1) is 5.92 Å². The third kappa shape index (κ3) is 3.39. The normalized spacial score (nSPS) is 19.2. The van der Waals surface area contributed by atoms with Gasteiger partial charge >= 0.3 is 0 Å². The summed E-state index contributed by atoms with van der Waals surface area (Å²) in [5, 5.41) is 1.20. The molecule has 0 saturated carbocycles. The predicted octanol–water partition coefficient (Wildman–Crippen LogP) is 4.36. The predicted molar refractivity (Wildman–Crippen MR) is 96.0 cm³/mol. The maximum absolute atomic E-state index is 4.83. The van der Waals surface area contributed by atoms with Crippen molar-refractivity contribution in [3.05, 3.63) is 28.8 Å². The van der Waals surface area contributed by atoms with Crippen LogP contribution in [0.2, 0.25) is 0 Å². The summed E-state index contributed by atoms with van der Waals surface area (Å²) in [4.78, 5) is 11.9. The summed E-state index contributed by atoms with van der Waals surface area (Å²) >= 11 is 1.81. The number of thiazole rings is 1. The summed E-state index contributed by atoms with van der Waals surface area (Å²) in [7, 11) is 2.15. The zero-order valence-electron chi connectivity index (χ0n) is 14.0. The Bertz CT molecular complexity index is 687. The van der Waals surface area contributed by atoms with Gasteiger partial charge < -0.3 is 0 Å². The Hall–Kier alpha value is -1.26. The summed E-state index contributed by atoms with van der Waals surface area (Å²) in [6, 6.07) is 7.19. The topological polar surface area (TPSA) is 28.5 Å². The molecule has 118 valence electrons. The third-order valence-corrected chi connectivity index (χ3v) is 5.52. The minimum Gasteiger partial charge on any atom is -0.297 e. The van der Waals surface area contributed by atoms with Crippen LogP contribution >= 0.6 is 11.3 Å². The third-order valence-electron chi connectivity index (χ3n) is 4.50. The molecule has 0 saturated heterocycles. The van der Waals surface area contributed by atoms with Crippen LogP contribution in [0.1, 0.15) is 44.2 Å². The van der Waals surface area contributed by atoms with Crippen molar-refractivity contribution in [1.82, 2.24) is 9.88 Å². The fraction of sp³-hybridized carbons (Fsp3) is 0.556. The van der Waals surface area contributed by atoms with Crippen LogP contribution in [-0.2, 0) is 6.54 Å². The lowest BCUT2D eigenvalue weighted by molar-refractivity contribution is 0.265. The van der Waals surface area contributed by atoms with Crippen molar-refractivity contribution in [2.24, 2.45) is 10.9 Å². The molecule has 0 fully saturated rings. The first-order valence-corrected chi connectivity index (χ1v) is 8.98. The van der Waals surface area contributed by atoms with Gasteiger partial charge in [0.15, 0.2) is 0 Å². The molecule has 0 N–H and O–H groups in total. The number of fused-ring (bicyclic) bond motifs is 1. The molecule has 0 aliphatic carbocycles. The van der Waals surface area contributed by atoms with Crippen molar-refractivity contribution in [3.63, 3.8) is 0 Å². The molecule has 1 aromatic carbocycles. The minimum atomic E-state index is 0.543. The molecule has 0 radical (unpaired) electrons. The standard InChI is InChI=1S/C18H25N3S/c1-12(2)21(4)11-18-20-16-9-14(6-8-17(16)22-18)15-7-5-13(3)10-19-15/h6,8-9,12-13H,5,7,10-11H2,1-4H3. The van der Waals surface area contributed by atoms with Gasteiger partial charge in [-0.3, -0.25) is 9.89 Å². The Morgan fingerprint density at radius 2 is 2.18 bits per heavy atom. The average Bonchev–Trinajstić information content (AvgIpc) is 2.89. The van der Waals surface area contributed by atoms with Gasteiger partial charge in [-0.05, 0) is 57.4 Å². The summed E-state index contributed by atoms with van der Waals surface area (Å²) in [5.41, 5.74) is 3.64. The highest BCUT2D eigenvalue weighted by Gasteiger charge is 2.15. The molecule has 2 aromatic rings. The summed E-state index contributed by atoms with van der Waals surface area (Å²) in [6.45, 7) is 8.60. The molecule has 1 aromatic heterocycles. The number of aliphatic imine (C=N–C) groups is 1. The molecule has 1 unspecified atom stereocenters. The van der Waals surface area contributed by atoms with E-state index >= 15 is 0 Å². The average molecular weight is 315 g/mol. The lowest BCUT2D eigenvalue weighted by Gasteiger charge is -2.19. The minimum absolute atomic E-state index is 0.543. The maximum atomic E-state index is 4.83. The number of hydrogen-bond acceptors (Lipinski definition) is 4. The molecule has 1 aliphatic rings. The Balaban J connectivity index is 1.84. The zero-order chi connectivity index (χ0) is 15.7. The molecular weight excluding hydrogens is 290 g/mol. The Labute approximate surface area is 137 Å². The second-order valence-electron chi connectivity index (χ2n) is 6.73. The second-order valence-corrected chi connectivity index (χ2v) is 7.85. The zero-order valence-corrected chi connectivity index (χ0v) is 14.8. The molecule has 2 heterocycles. The van der Waals surface area contributed by atoms with Crippen LogP contribution in [0.15, 0.2) is 23.2 Å².